The molecule has 0 bridgehead atoms. The summed E-state index contributed by atoms with van der Waals surface area (Å²) in [4.78, 5) is 22.7. The molecular formula is C10H18N2O4. The smallest absolute Gasteiger partial charge is 0.328 e. The van der Waals surface area contributed by atoms with E-state index in [9.17, 15) is 14.7 Å². The molecule has 6 heteroatoms. The minimum atomic E-state index is -1.25. The van der Waals surface area contributed by atoms with Crippen molar-refractivity contribution >= 4 is 11.9 Å². The molecule has 1 saturated heterocycles. The second-order valence-electron chi connectivity index (χ2n) is 4.52. The number of aliphatic hydroxyl groups is 1. The summed E-state index contributed by atoms with van der Waals surface area (Å²) in [6.07, 6.45) is -0.440. The van der Waals surface area contributed by atoms with Crippen LogP contribution in [0.1, 0.15) is 20.3 Å². The van der Waals surface area contributed by atoms with Crippen molar-refractivity contribution in [1.29, 1.82) is 0 Å². The maximum absolute atomic E-state index is 11.9. The van der Waals surface area contributed by atoms with Crippen LogP contribution in [0.25, 0.3) is 0 Å². The van der Waals surface area contributed by atoms with Crippen LogP contribution in [0.15, 0.2) is 0 Å². The molecule has 6 nitrogen and oxygen atoms in total. The van der Waals surface area contributed by atoms with E-state index in [0.717, 1.165) is 6.54 Å². The molecule has 0 aromatic rings. The zero-order valence-corrected chi connectivity index (χ0v) is 9.49. The fourth-order valence-corrected chi connectivity index (χ4v) is 1.71. The number of rotatable bonds is 4. The molecule has 0 saturated carbocycles. The van der Waals surface area contributed by atoms with E-state index in [1.807, 2.05) is 0 Å². The highest BCUT2D eigenvalue weighted by Crippen LogP contribution is 2.24. The van der Waals surface area contributed by atoms with Gasteiger partial charge in [0, 0.05) is 6.54 Å². The molecule has 3 unspecified atom stereocenters. The van der Waals surface area contributed by atoms with Gasteiger partial charge in [0.2, 0.25) is 5.91 Å². The van der Waals surface area contributed by atoms with Gasteiger partial charge in [0.15, 0.2) is 6.04 Å². The number of carbonyl (C=O) groups is 2. The lowest BCUT2D eigenvalue weighted by atomic mass is 9.88. The largest absolute Gasteiger partial charge is 0.480 e. The third-order valence-corrected chi connectivity index (χ3v) is 2.95. The van der Waals surface area contributed by atoms with Crippen molar-refractivity contribution in [1.82, 2.24) is 10.6 Å². The van der Waals surface area contributed by atoms with Gasteiger partial charge in [0.25, 0.3) is 0 Å². The summed E-state index contributed by atoms with van der Waals surface area (Å²) in [5, 5.41) is 23.5. The van der Waals surface area contributed by atoms with Gasteiger partial charge in [-0.25, -0.2) is 4.79 Å². The first-order valence-corrected chi connectivity index (χ1v) is 5.29. The Morgan fingerprint density at radius 1 is 1.50 bits per heavy atom. The van der Waals surface area contributed by atoms with Gasteiger partial charge in [0.05, 0.1) is 11.5 Å². The van der Waals surface area contributed by atoms with Crippen LogP contribution in [0, 0.1) is 5.41 Å². The standard InChI is InChI=1S/C10H18N2O4/c1-6(13)7(8(14)15)12-9(16)10(2)3-4-11-5-10/h6-7,11,13H,3-5H2,1-2H3,(H,12,16)(H,14,15). The van der Waals surface area contributed by atoms with Crippen LogP contribution in [-0.2, 0) is 9.59 Å². The second kappa shape index (κ2) is 4.80. The Labute approximate surface area is 94.0 Å². The molecule has 0 spiro atoms. The van der Waals surface area contributed by atoms with E-state index in [1.165, 1.54) is 6.92 Å². The summed E-state index contributed by atoms with van der Waals surface area (Å²) in [5.41, 5.74) is -0.581. The third kappa shape index (κ3) is 2.70. The quantitative estimate of drug-likeness (QED) is 0.493. The van der Waals surface area contributed by atoms with Gasteiger partial charge in [0.1, 0.15) is 0 Å². The molecule has 3 atom stereocenters. The number of nitrogens with one attached hydrogen (secondary N) is 2. The summed E-state index contributed by atoms with van der Waals surface area (Å²) in [7, 11) is 0. The van der Waals surface area contributed by atoms with Crippen molar-refractivity contribution in [2.24, 2.45) is 5.41 Å². The number of amides is 1. The average molecular weight is 230 g/mol. The number of carboxylic acids is 1. The Morgan fingerprint density at radius 3 is 2.50 bits per heavy atom. The summed E-state index contributed by atoms with van der Waals surface area (Å²) in [6, 6.07) is -1.25. The number of carboxylic acid groups (broad SMARTS) is 1. The molecule has 0 radical (unpaired) electrons. The Bertz CT molecular complexity index is 285. The van der Waals surface area contributed by atoms with E-state index >= 15 is 0 Å². The molecule has 16 heavy (non-hydrogen) atoms. The minimum Gasteiger partial charge on any atom is -0.480 e. The van der Waals surface area contributed by atoms with Crippen LogP contribution in [0.5, 0.6) is 0 Å². The predicted octanol–water partition coefficient (Wildman–Crippen LogP) is -1.06. The lowest BCUT2D eigenvalue weighted by Crippen LogP contribution is -2.52. The topological polar surface area (TPSA) is 98.7 Å². The number of hydrogen-bond donors (Lipinski definition) is 4. The lowest BCUT2D eigenvalue weighted by Gasteiger charge is -2.25. The number of carbonyl (C=O) groups excluding carboxylic acids is 1. The van der Waals surface area contributed by atoms with Crippen LogP contribution in [-0.4, -0.2) is 47.3 Å². The van der Waals surface area contributed by atoms with Crippen molar-refractivity contribution in [2.75, 3.05) is 13.1 Å². The van der Waals surface area contributed by atoms with Crippen molar-refractivity contribution in [3.05, 3.63) is 0 Å². The zero-order valence-electron chi connectivity index (χ0n) is 9.49. The first-order valence-electron chi connectivity index (χ1n) is 5.29. The van der Waals surface area contributed by atoms with E-state index in [0.29, 0.717) is 13.0 Å². The highest BCUT2D eigenvalue weighted by molar-refractivity contribution is 5.87. The van der Waals surface area contributed by atoms with Crippen molar-refractivity contribution in [3.8, 4) is 0 Å². The van der Waals surface area contributed by atoms with Gasteiger partial charge in [-0.1, -0.05) is 0 Å². The summed E-state index contributed by atoms with van der Waals surface area (Å²) >= 11 is 0. The molecule has 1 aliphatic heterocycles. The maximum Gasteiger partial charge on any atom is 0.328 e. The van der Waals surface area contributed by atoms with Crippen LogP contribution in [0.4, 0.5) is 0 Å². The molecule has 1 rings (SSSR count). The Kier molecular flexibility index (Phi) is 3.88. The predicted molar refractivity (Wildman–Crippen MR) is 56.8 cm³/mol. The SMILES string of the molecule is CC(O)C(NC(=O)C1(C)CCNC1)C(=O)O. The van der Waals surface area contributed by atoms with Gasteiger partial charge in [-0.2, -0.15) is 0 Å². The highest BCUT2D eigenvalue weighted by Gasteiger charge is 2.38. The second-order valence-corrected chi connectivity index (χ2v) is 4.52. The van der Waals surface area contributed by atoms with Crippen molar-refractivity contribution < 1.29 is 19.8 Å². The highest BCUT2D eigenvalue weighted by atomic mass is 16.4. The van der Waals surface area contributed by atoms with Gasteiger partial charge in [-0.3, -0.25) is 4.79 Å². The van der Waals surface area contributed by atoms with E-state index in [-0.39, 0.29) is 5.91 Å². The average Bonchev–Trinajstić information content (AvgIpc) is 2.61. The summed E-state index contributed by atoms with van der Waals surface area (Å²) in [6.45, 7) is 4.40. The van der Waals surface area contributed by atoms with Crippen LogP contribution in [0.3, 0.4) is 0 Å². The Balaban J connectivity index is 2.65. The summed E-state index contributed by atoms with van der Waals surface area (Å²) < 4.78 is 0. The van der Waals surface area contributed by atoms with E-state index < -0.39 is 23.5 Å². The molecule has 1 aliphatic rings. The first-order chi connectivity index (χ1) is 7.37. The zero-order chi connectivity index (χ0) is 12.3. The lowest BCUT2D eigenvalue weighted by molar-refractivity contribution is -0.146. The van der Waals surface area contributed by atoms with Crippen LogP contribution < -0.4 is 10.6 Å². The molecule has 1 heterocycles. The van der Waals surface area contributed by atoms with E-state index in [4.69, 9.17) is 5.11 Å². The van der Waals surface area contributed by atoms with Gasteiger partial charge in [-0.05, 0) is 26.8 Å². The maximum atomic E-state index is 11.9. The molecule has 1 fully saturated rings. The van der Waals surface area contributed by atoms with E-state index in [2.05, 4.69) is 10.6 Å². The van der Waals surface area contributed by atoms with Gasteiger partial charge >= 0.3 is 5.97 Å². The Hall–Kier alpha value is -1.14. The molecule has 0 aromatic carbocycles. The first kappa shape index (κ1) is 12.9. The number of hydrogen-bond acceptors (Lipinski definition) is 4. The molecule has 92 valence electrons. The summed E-state index contributed by atoms with van der Waals surface area (Å²) in [5.74, 6) is -1.55. The minimum absolute atomic E-state index is 0.328. The van der Waals surface area contributed by atoms with Crippen molar-refractivity contribution in [3.63, 3.8) is 0 Å². The normalized spacial score (nSPS) is 28.4. The number of aliphatic hydroxyl groups excluding tert-OH is 1. The van der Waals surface area contributed by atoms with Crippen molar-refractivity contribution in [2.45, 2.75) is 32.4 Å². The Morgan fingerprint density at radius 2 is 2.12 bits per heavy atom. The van der Waals surface area contributed by atoms with E-state index in [1.54, 1.807) is 6.92 Å². The molecule has 4 N–H and O–H groups in total. The van der Waals surface area contributed by atoms with Crippen LogP contribution >= 0.6 is 0 Å². The molecular weight excluding hydrogens is 212 g/mol. The third-order valence-electron chi connectivity index (χ3n) is 2.95. The monoisotopic (exact) mass is 230 g/mol. The fraction of sp³-hybridized carbons (Fsp3) is 0.800. The fourth-order valence-electron chi connectivity index (χ4n) is 1.71. The number of aliphatic carboxylic acids is 1. The molecule has 1 amide bonds. The molecule has 0 aliphatic carbocycles. The van der Waals surface area contributed by atoms with Crippen LogP contribution in [0.2, 0.25) is 0 Å². The van der Waals surface area contributed by atoms with Gasteiger partial charge in [-0.15, -0.1) is 0 Å². The molecule has 0 aromatic heterocycles. The van der Waals surface area contributed by atoms with Gasteiger partial charge < -0.3 is 20.8 Å².